The summed E-state index contributed by atoms with van der Waals surface area (Å²) in [5.74, 6) is -0.293. The van der Waals surface area contributed by atoms with Crippen LogP contribution in [0.1, 0.15) is 13.8 Å². The lowest BCUT2D eigenvalue weighted by molar-refractivity contribution is 0.279. The van der Waals surface area contributed by atoms with E-state index in [9.17, 15) is 14.4 Å². The number of benzene rings is 2. The summed E-state index contributed by atoms with van der Waals surface area (Å²) < 4.78 is 13.0. The zero-order chi connectivity index (χ0) is 17.5. The fourth-order valence-corrected chi connectivity index (χ4v) is 5.35. The van der Waals surface area contributed by atoms with E-state index >= 15 is 0 Å². The Morgan fingerprint density at radius 1 is 1.08 bits per heavy atom. The van der Waals surface area contributed by atoms with Crippen LogP contribution in [-0.2, 0) is 0 Å². The molecule has 0 fully saturated rings. The van der Waals surface area contributed by atoms with Gasteiger partial charge < -0.3 is 14.9 Å². The number of hydrogen-bond acceptors (Lipinski definition) is 4. The van der Waals surface area contributed by atoms with Crippen LogP contribution in [-0.4, -0.2) is 33.5 Å². The standard InChI is InChI=1S/C18H23FNO2PS/c1-14(20(12-21)17-6-4-3-5-7-17)15(2)24-13-23(22)18-10-8-16(19)9-11-18/h3-11,14-15,21-22H,12-13H2,1-2H3. The first-order valence-corrected chi connectivity index (χ1v) is 10.3. The van der Waals surface area contributed by atoms with Gasteiger partial charge in [-0.15, -0.1) is 11.8 Å². The summed E-state index contributed by atoms with van der Waals surface area (Å²) in [4.78, 5) is 12.3. The third kappa shape index (κ3) is 5.18. The highest BCUT2D eigenvalue weighted by Crippen LogP contribution is 2.36. The average molecular weight is 367 g/mol. The van der Waals surface area contributed by atoms with Crippen LogP contribution in [0.4, 0.5) is 10.1 Å². The second-order valence-corrected chi connectivity index (χ2v) is 8.99. The lowest BCUT2D eigenvalue weighted by Crippen LogP contribution is -2.40. The maximum atomic E-state index is 13.0. The van der Waals surface area contributed by atoms with E-state index in [0.29, 0.717) is 5.49 Å². The fourth-order valence-electron chi connectivity index (χ4n) is 2.33. The molecule has 0 saturated carbocycles. The summed E-state index contributed by atoms with van der Waals surface area (Å²) in [6.07, 6.45) is 0. The number of rotatable bonds is 8. The number of aliphatic hydroxyl groups excluding tert-OH is 1. The first-order chi connectivity index (χ1) is 11.5. The van der Waals surface area contributed by atoms with E-state index in [1.54, 1.807) is 23.9 Å². The summed E-state index contributed by atoms with van der Waals surface area (Å²) in [6, 6.07) is 15.9. The molecular formula is C18H23FNO2PS. The Bertz CT molecular complexity index is 614. The maximum absolute atomic E-state index is 13.0. The highest BCUT2D eigenvalue weighted by molar-refractivity contribution is 8.05. The molecule has 2 rings (SSSR count). The predicted octanol–water partition coefficient (Wildman–Crippen LogP) is 3.76. The Labute approximate surface area is 148 Å². The second kappa shape index (κ2) is 9.38. The molecule has 0 aliphatic heterocycles. The van der Waals surface area contributed by atoms with Crippen molar-refractivity contribution in [1.82, 2.24) is 0 Å². The first kappa shape index (κ1) is 19.2. The Kier molecular flexibility index (Phi) is 7.50. The molecule has 2 aromatic carbocycles. The Hall–Kier alpha value is -1.13. The number of para-hydroxylation sites is 1. The van der Waals surface area contributed by atoms with Crippen LogP contribution in [0.25, 0.3) is 0 Å². The molecular weight excluding hydrogens is 344 g/mol. The molecule has 130 valence electrons. The zero-order valence-corrected chi connectivity index (χ0v) is 15.6. The number of hydrogen-bond donors (Lipinski definition) is 2. The van der Waals surface area contributed by atoms with Crippen LogP contribution in [0.3, 0.4) is 0 Å². The van der Waals surface area contributed by atoms with Crippen LogP contribution in [0.15, 0.2) is 54.6 Å². The predicted molar refractivity (Wildman–Crippen MR) is 103 cm³/mol. The van der Waals surface area contributed by atoms with Crippen molar-refractivity contribution >= 4 is 30.9 Å². The molecule has 0 amide bonds. The van der Waals surface area contributed by atoms with Crippen LogP contribution in [0.2, 0.25) is 0 Å². The number of nitrogens with zero attached hydrogens (tertiary/aromatic N) is 1. The quantitative estimate of drug-likeness (QED) is 0.551. The van der Waals surface area contributed by atoms with Gasteiger partial charge in [-0.2, -0.15) is 0 Å². The number of anilines is 1. The van der Waals surface area contributed by atoms with E-state index in [1.807, 2.05) is 35.2 Å². The van der Waals surface area contributed by atoms with Crippen molar-refractivity contribution in [3.63, 3.8) is 0 Å². The SMILES string of the molecule is CC(SCP(O)c1ccc(F)cc1)C(C)N(CO)c1ccccc1. The van der Waals surface area contributed by atoms with E-state index in [4.69, 9.17) is 0 Å². The van der Waals surface area contributed by atoms with Gasteiger partial charge in [0.15, 0.2) is 0 Å². The van der Waals surface area contributed by atoms with Gasteiger partial charge in [0.25, 0.3) is 0 Å². The Balaban J connectivity index is 1.93. The lowest BCUT2D eigenvalue weighted by Gasteiger charge is -2.33. The van der Waals surface area contributed by atoms with E-state index in [2.05, 4.69) is 13.8 Å². The molecule has 0 saturated heterocycles. The molecule has 3 unspecified atom stereocenters. The smallest absolute Gasteiger partial charge is 0.123 e. The third-order valence-corrected chi connectivity index (χ3v) is 7.38. The number of aliphatic hydroxyl groups is 1. The summed E-state index contributed by atoms with van der Waals surface area (Å²) in [7, 11) is -1.31. The highest BCUT2D eigenvalue weighted by atomic mass is 32.2. The van der Waals surface area contributed by atoms with Crippen LogP contribution < -0.4 is 10.2 Å². The van der Waals surface area contributed by atoms with Crippen molar-refractivity contribution in [3.05, 3.63) is 60.4 Å². The van der Waals surface area contributed by atoms with Crippen LogP contribution in [0.5, 0.6) is 0 Å². The molecule has 24 heavy (non-hydrogen) atoms. The van der Waals surface area contributed by atoms with Crippen molar-refractivity contribution in [3.8, 4) is 0 Å². The minimum atomic E-state index is -1.31. The van der Waals surface area contributed by atoms with Crippen molar-refractivity contribution in [1.29, 1.82) is 0 Å². The maximum Gasteiger partial charge on any atom is 0.123 e. The molecule has 0 bridgehead atoms. The molecule has 0 radical (unpaired) electrons. The third-order valence-electron chi connectivity index (χ3n) is 4.00. The molecule has 3 atom stereocenters. The molecule has 0 heterocycles. The van der Waals surface area contributed by atoms with Crippen molar-refractivity contribution < 1.29 is 14.4 Å². The molecule has 2 N–H and O–H groups in total. The van der Waals surface area contributed by atoms with Gasteiger partial charge in [-0.05, 0) is 43.3 Å². The number of thioether (sulfide) groups is 1. The molecule has 2 aromatic rings. The van der Waals surface area contributed by atoms with Gasteiger partial charge in [-0.1, -0.05) is 25.1 Å². The largest absolute Gasteiger partial charge is 0.376 e. The van der Waals surface area contributed by atoms with E-state index in [-0.39, 0.29) is 23.8 Å². The van der Waals surface area contributed by atoms with Gasteiger partial charge in [-0.3, -0.25) is 0 Å². The Morgan fingerprint density at radius 2 is 1.71 bits per heavy atom. The minimum Gasteiger partial charge on any atom is -0.376 e. The van der Waals surface area contributed by atoms with Crippen LogP contribution in [0, 0.1) is 5.82 Å². The van der Waals surface area contributed by atoms with E-state index in [1.165, 1.54) is 12.1 Å². The topological polar surface area (TPSA) is 43.7 Å². The van der Waals surface area contributed by atoms with Gasteiger partial charge >= 0.3 is 0 Å². The fraction of sp³-hybridized carbons (Fsp3) is 0.333. The van der Waals surface area contributed by atoms with Crippen molar-refractivity contribution in [2.24, 2.45) is 0 Å². The average Bonchev–Trinajstić information content (AvgIpc) is 2.61. The van der Waals surface area contributed by atoms with Gasteiger partial charge in [0.05, 0.1) is 8.15 Å². The summed E-state index contributed by atoms with van der Waals surface area (Å²) in [5.41, 5.74) is 1.56. The summed E-state index contributed by atoms with van der Waals surface area (Å²) in [5, 5.41) is 10.7. The molecule has 0 aliphatic rings. The normalized spacial score (nSPS) is 14.9. The molecule has 0 spiro atoms. The molecule has 0 aromatic heterocycles. The van der Waals surface area contributed by atoms with Gasteiger partial charge in [0.1, 0.15) is 12.5 Å². The Morgan fingerprint density at radius 3 is 2.29 bits per heavy atom. The number of halogens is 1. The second-order valence-electron chi connectivity index (χ2n) is 5.56. The lowest BCUT2D eigenvalue weighted by atomic mass is 10.2. The van der Waals surface area contributed by atoms with Gasteiger partial charge in [0.2, 0.25) is 0 Å². The van der Waals surface area contributed by atoms with Crippen molar-refractivity contribution in [2.75, 3.05) is 17.1 Å². The van der Waals surface area contributed by atoms with Crippen molar-refractivity contribution in [2.45, 2.75) is 25.1 Å². The first-order valence-electron chi connectivity index (χ1n) is 7.79. The van der Waals surface area contributed by atoms with E-state index in [0.717, 1.165) is 11.0 Å². The molecule has 3 nitrogen and oxygen atoms in total. The summed E-state index contributed by atoms with van der Waals surface area (Å²) >= 11 is 1.66. The van der Waals surface area contributed by atoms with Gasteiger partial charge in [-0.25, -0.2) is 4.39 Å². The highest BCUT2D eigenvalue weighted by Gasteiger charge is 2.21. The molecule has 6 heteroatoms. The molecule has 0 aliphatic carbocycles. The minimum absolute atomic E-state index is 0.0536. The monoisotopic (exact) mass is 367 g/mol. The zero-order valence-electron chi connectivity index (χ0n) is 13.8. The van der Waals surface area contributed by atoms with Gasteiger partial charge in [0, 0.05) is 27.8 Å². The summed E-state index contributed by atoms with van der Waals surface area (Å²) in [6.45, 7) is 4.11. The van der Waals surface area contributed by atoms with E-state index < -0.39 is 8.15 Å². The van der Waals surface area contributed by atoms with Crippen LogP contribution >= 0.6 is 19.9 Å².